The molecule has 3 rings (SSSR count). The van der Waals surface area contributed by atoms with Gasteiger partial charge < -0.3 is 5.32 Å². The molecular formula is C17H10Cl2N4O. The summed E-state index contributed by atoms with van der Waals surface area (Å²) in [5, 5.41) is 16.7. The predicted octanol–water partition coefficient (Wildman–Crippen LogP) is 4.30. The van der Waals surface area contributed by atoms with E-state index in [2.05, 4.69) is 10.4 Å². The first kappa shape index (κ1) is 16.1. The summed E-state index contributed by atoms with van der Waals surface area (Å²) in [4.78, 5) is 12.3. The highest BCUT2D eigenvalue weighted by molar-refractivity contribution is 6.34. The van der Waals surface area contributed by atoms with Gasteiger partial charge in [-0.25, -0.2) is 4.68 Å². The van der Waals surface area contributed by atoms with Crippen LogP contribution in [0.3, 0.4) is 0 Å². The monoisotopic (exact) mass is 356 g/mol. The molecule has 1 N–H and O–H groups in total. The lowest BCUT2D eigenvalue weighted by molar-refractivity contribution is 0.102. The van der Waals surface area contributed by atoms with Crippen LogP contribution in [0.1, 0.15) is 16.1 Å². The van der Waals surface area contributed by atoms with Crippen molar-refractivity contribution in [3.8, 4) is 11.8 Å². The van der Waals surface area contributed by atoms with E-state index in [9.17, 15) is 4.79 Å². The highest BCUT2D eigenvalue weighted by Gasteiger charge is 2.13. The van der Waals surface area contributed by atoms with Gasteiger partial charge in [0.2, 0.25) is 0 Å². The molecule has 0 saturated heterocycles. The van der Waals surface area contributed by atoms with Gasteiger partial charge in [0.05, 0.1) is 28.0 Å². The number of aromatic nitrogens is 2. The van der Waals surface area contributed by atoms with Crippen LogP contribution in [0.5, 0.6) is 0 Å². The lowest BCUT2D eigenvalue weighted by atomic mass is 10.2. The molecule has 24 heavy (non-hydrogen) atoms. The van der Waals surface area contributed by atoms with Crippen molar-refractivity contribution in [1.29, 1.82) is 5.26 Å². The van der Waals surface area contributed by atoms with Crippen molar-refractivity contribution in [2.24, 2.45) is 0 Å². The Morgan fingerprint density at radius 1 is 1.17 bits per heavy atom. The Morgan fingerprint density at radius 3 is 2.75 bits per heavy atom. The fraction of sp³-hybridized carbons (Fsp3) is 0. The number of rotatable bonds is 3. The summed E-state index contributed by atoms with van der Waals surface area (Å²) in [6.45, 7) is 0. The second kappa shape index (κ2) is 6.75. The molecule has 0 fully saturated rings. The molecule has 1 heterocycles. The first-order valence-corrected chi connectivity index (χ1v) is 7.65. The van der Waals surface area contributed by atoms with Crippen LogP contribution in [0.25, 0.3) is 5.69 Å². The molecule has 0 saturated carbocycles. The molecule has 3 aromatic rings. The van der Waals surface area contributed by atoms with E-state index in [0.717, 1.165) is 5.69 Å². The maximum absolute atomic E-state index is 12.3. The van der Waals surface area contributed by atoms with Crippen molar-refractivity contribution in [3.05, 3.63) is 76.0 Å². The van der Waals surface area contributed by atoms with Crippen molar-refractivity contribution in [2.45, 2.75) is 0 Å². The lowest BCUT2D eigenvalue weighted by Gasteiger charge is -2.06. The number of nitrogens with zero attached hydrogens (tertiary/aromatic N) is 3. The summed E-state index contributed by atoms with van der Waals surface area (Å²) in [5.74, 6) is -0.423. The van der Waals surface area contributed by atoms with E-state index in [-0.39, 0.29) is 5.69 Å². The standard InChI is InChI=1S/C17H10Cl2N4O/c18-12-2-1-3-13(9-12)23-7-6-15(22-23)17(24)21-16-8-11(10-20)4-5-14(16)19/h1-9H,(H,21,24). The van der Waals surface area contributed by atoms with Gasteiger partial charge in [-0.05, 0) is 42.5 Å². The normalized spacial score (nSPS) is 10.2. The Kier molecular flexibility index (Phi) is 4.52. The van der Waals surface area contributed by atoms with Gasteiger partial charge in [0.15, 0.2) is 5.69 Å². The van der Waals surface area contributed by atoms with Crippen molar-refractivity contribution in [2.75, 3.05) is 5.32 Å². The molecule has 0 unspecified atom stereocenters. The van der Waals surface area contributed by atoms with Crippen molar-refractivity contribution in [1.82, 2.24) is 9.78 Å². The Morgan fingerprint density at radius 2 is 2.00 bits per heavy atom. The van der Waals surface area contributed by atoms with Crippen LogP contribution >= 0.6 is 23.2 Å². The number of benzene rings is 2. The van der Waals surface area contributed by atoms with E-state index in [1.807, 2.05) is 12.1 Å². The van der Waals surface area contributed by atoms with Crippen molar-refractivity contribution < 1.29 is 4.79 Å². The second-order valence-electron chi connectivity index (χ2n) is 4.89. The molecule has 0 aliphatic rings. The fourth-order valence-electron chi connectivity index (χ4n) is 2.08. The van der Waals surface area contributed by atoms with Gasteiger partial charge in [0.25, 0.3) is 5.91 Å². The number of nitrogens with one attached hydrogen (secondary N) is 1. The molecular weight excluding hydrogens is 347 g/mol. The topological polar surface area (TPSA) is 70.7 Å². The highest BCUT2D eigenvalue weighted by Crippen LogP contribution is 2.23. The van der Waals surface area contributed by atoms with Crippen molar-refractivity contribution >= 4 is 34.8 Å². The average molecular weight is 357 g/mol. The molecule has 2 aromatic carbocycles. The molecule has 1 aromatic heterocycles. The Labute approximate surface area is 148 Å². The molecule has 7 heteroatoms. The number of carbonyl (C=O) groups excluding carboxylic acids is 1. The third kappa shape index (κ3) is 3.40. The zero-order valence-electron chi connectivity index (χ0n) is 12.2. The summed E-state index contributed by atoms with van der Waals surface area (Å²) in [7, 11) is 0. The van der Waals surface area contributed by atoms with Crippen LogP contribution in [-0.2, 0) is 0 Å². The van der Waals surface area contributed by atoms with Crippen LogP contribution in [0.2, 0.25) is 10.0 Å². The van der Waals surface area contributed by atoms with E-state index in [4.69, 9.17) is 28.5 Å². The molecule has 1 amide bonds. The van der Waals surface area contributed by atoms with Gasteiger partial charge in [-0.2, -0.15) is 10.4 Å². The maximum Gasteiger partial charge on any atom is 0.276 e. The predicted molar refractivity (Wildman–Crippen MR) is 92.7 cm³/mol. The van der Waals surface area contributed by atoms with Gasteiger partial charge in [-0.3, -0.25) is 4.79 Å². The molecule has 0 aliphatic carbocycles. The molecule has 0 bridgehead atoms. The molecule has 118 valence electrons. The Hall–Kier alpha value is -2.81. The van der Waals surface area contributed by atoms with Gasteiger partial charge in [0.1, 0.15) is 0 Å². The first-order valence-electron chi connectivity index (χ1n) is 6.89. The zero-order valence-corrected chi connectivity index (χ0v) is 13.7. The van der Waals surface area contributed by atoms with Crippen LogP contribution in [0, 0.1) is 11.3 Å². The third-order valence-electron chi connectivity index (χ3n) is 3.24. The van der Waals surface area contributed by atoms with Crippen LogP contribution in [-0.4, -0.2) is 15.7 Å². The minimum Gasteiger partial charge on any atom is -0.319 e. The number of amides is 1. The average Bonchev–Trinajstić information content (AvgIpc) is 3.07. The van der Waals surface area contributed by atoms with E-state index >= 15 is 0 Å². The SMILES string of the molecule is N#Cc1ccc(Cl)c(NC(=O)c2ccn(-c3cccc(Cl)c3)n2)c1. The van der Waals surface area contributed by atoms with Crippen LogP contribution in [0.15, 0.2) is 54.7 Å². The minimum atomic E-state index is -0.423. The number of anilines is 1. The molecule has 0 atom stereocenters. The minimum absolute atomic E-state index is 0.216. The summed E-state index contributed by atoms with van der Waals surface area (Å²) < 4.78 is 1.55. The quantitative estimate of drug-likeness (QED) is 0.760. The number of nitriles is 1. The highest BCUT2D eigenvalue weighted by atomic mass is 35.5. The molecule has 0 radical (unpaired) electrons. The largest absolute Gasteiger partial charge is 0.319 e. The maximum atomic E-state index is 12.3. The zero-order chi connectivity index (χ0) is 17.1. The van der Waals surface area contributed by atoms with E-state index < -0.39 is 5.91 Å². The van der Waals surface area contributed by atoms with Gasteiger partial charge in [-0.15, -0.1) is 0 Å². The third-order valence-corrected chi connectivity index (χ3v) is 3.80. The number of carbonyl (C=O) groups is 1. The summed E-state index contributed by atoms with van der Waals surface area (Å²) >= 11 is 12.0. The van der Waals surface area contributed by atoms with Gasteiger partial charge >= 0.3 is 0 Å². The first-order chi connectivity index (χ1) is 11.6. The summed E-state index contributed by atoms with van der Waals surface area (Å²) in [6.07, 6.45) is 1.66. The fourth-order valence-corrected chi connectivity index (χ4v) is 2.43. The second-order valence-corrected chi connectivity index (χ2v) is 5.73. The number of hydrogen-bond acceptors (Lipinski definition) is 3. The van der Waals surface area contributed by atoms with E-state index in [1.165, 1.54) is 6.07 Å². The Bertz CT molecular complexity index is 959. The molecule has 0 spiro atoms. The Balaban J connectivity index is 1.83. The summed E-state index contributed by atoms with van der Waals surface area (Å²) in [6, 6.07) is 15.3. The smallest absolute Gasteiger partial charge is 0.276 e. The van der Waals surface area contributed by atoms with Crippen LogP contribution in [0.4, 0.5) is 5.69 Å². The lowest BCUT2D eigenvalue weighted by Crippen LogP contribution is -2.13. The van der Waals surface area contributed by atoms with E-state index in [1.54, 1.807) is 47.3 Å². The number of hydrogen-bond donors (Lipinski definition) is 1. The molecule has 5 nitrogen and oxygen atoms in total. The molecule has 0 aliphatic heterocycles. The van der Waals surface area contributed by atoms with Gasteiger partial charge in [0, 0.05) is 11.2 Å². The van der Waals surface area contributed by atoms with E-state index in [0.29, 0.717) is 21.3 Å². The van der Waals surface area contributed by atoms with Gasteiger partial charge in [-0.1, -0.05) is 29.3 Å². The summed E-state index contributed by atoms with van der Waals surface area (Å²) in [5.41, 5.74) is 1.72. The number of halogens is 2. The van der Waals surface area contributed by atoms with Crippen molar-refractivity contribution in [3.63, 3.8) is 0 Å². The van der Waals surface area contributed by atoms with Crippen LogP contribution < -0.4 is 5.32 Å².